The second-order valence-electron chi connectivity index (χ2n) is 7.55. The Balaban J connectivity index is 1.46. The minimum atomic E-state index is -1.01. The molecule has 10 nitrogen and oxygen atoms in total. The van der Waals surface area contributed by atoms with Crippen LogP contribution in [0.3, 0.4) is 0 Å². The first-order valence-corrected chi connectivity index (χ1v) is 9.71. The van der Waals surface area contributed by atoms with E-state index in [0.29, 0.717) is 37.6 Å². The quantitative estimate of drug-likeness (QED) is 0.740. The highest BCUT2D eigenvalue weighted by atomic mass is 19.1. The van der Waals surface area contributed by atoms with Crippen LogP contribution < -0.4 is 15.1 Å². The SMILES string of the molecule is CC(=O)NCC1CN(c2ccc(N3CC4OCCN(C(=O)O)C4C3)c(F)c2)C(=O)O1. The van der Waals surface area contributed by atoms with Crippen LogP contribution in [0.5, 0.6) is 0 Å². The number of hydrogen-bond donors (Lipinski definition) is 2. The van der Waals surface area contributed by atoms with E-state index in [-0.39, 0.29) is 31.1 Å². The number of carbonyl (C=O) groups excluding carboxylic acids is 2. The van der Waals surface area contributed by atoms with E-state index < -0.39 is 24.1 Å². The fourth-order valence-electron chi connectivity index (χ4n) is 4.14. The van der Waals surface area contributed by atoms with Gasteiger partial charge in [-0.05, 0) is 18.2 Å². The molecular weight excluding hydrogens is 399 g/mol. The molecule has 3 atom stereocenters. The predicted octanol–water partition coefficient (Wildman–Crippen LogP) is 0.854. The summed E-state index contributed by atoms with van der Waals surface area (Å²) in [6.45, 7) is 3.09. The van der Waals surface area contributed by atoms with Crippen molar-refractivity contribution in [3.63, 3.8) is 0 Å². The first-order chi connectivity index (χ1) is 14.3. The van der Waals surface area contributed by atoms with Crippen LogP contribution in [-0.2, 0) is 14.3 Å². The highest BCUT2D eigenvalue weighted by molar-refractivity contribution is 5.90. The van der Waals surface area contributed by atoms with E-state index >= 15 is 0 Å². The van der Waals surface area contributed by atoms with Gasteiger partial charge in [-0.15, -0.1) is 0 Å². The summed E-state index contributed by atoms with van der Waals surface area (Å²) < 4.78 is 25.8. The average molecular weight is 422 g/mol. The van der Waals surface area contributed by atoms with Crippen molar-refractivity contribution in [2.24, 2.45) is 0 Å². The molecule has 162 valence electrons. The predicted molar refractivity (Wildman–Crippen MR) is 103 cm³/mol. The van der Waals surface area contributed by atoms with Gasteiger partial charge in [0.1, 0.15) is 11.9 Å². The standard InChI is InChI=1S/C19H23FN4O6/c1-11(25)21-7-13-8-24(19(28)30-13)12-2-3-15(14(20)6-12)22-9-16-17(10-22)29-5-4-23(16)18(26)27/h2-3,6,13,16-17H,4-5,7-10H2,1H3,(H,21,25)(H,26,27). The summed E-state index contributed by atoms with van der Waals surface area (Å²) in [6.07, 6.45) is -2.43. The minimum Gasteiger partial charge on any atom is -0.465 e. The number of morpholine rings is 1. The molecule has 4 rings (SSSR count). The molecule has 3 heterocycles. The molecule has 0 bridgehead atoms. The van der Waals surface area contributed by atoms with Crippen molar-refractivity contribution < 1.29 is 33.4 Å². The normalized spacial score (nSPS) is 25.9. The summed E-state index contributed by atoms with van der Waals surface area (Å²) >= 11 is 0. The number of benzene rings is 1. The smallest absolute Gasteiger partial charge is 0.414 e. The Morgan fingerprint density at radius 2 is 2.10 bits per heavy atom. The van der Waals surface area contributed by atoms with Crippen LogP contribution in [-0.4, -0.2) is 85.7 Å². The summed E-state index contributed by atoms with van der Waals surface area (Å²) in [5.74, 6) is -0.748. The monoisotopic (exact) mass is 422 g/mol. The summed E-state index contributed by atoms with van der Waals surface area (Å²) in [5, 5.41) is 12.0. The number of cyclic esters (lactones) is 1. The third kappa shape index (κ3) is 3.84. The minimum absolute atomic E-state index is 0.189. The molecule has 0 saturated carbocycles. The Labute approximate surface area is 172 Å². The van der Waals surface area contributed by atoms with Gasteiger partial charge in [0.15, 0.2) is 0 Å². The Morgan fingerprint density at radius 3 is 2.80 bits per heavy atom. The number of ether oxygens (including phenoxy) is 2. The number of anilines is 2. The molecule has 0 radical (unpaired) electrons. The van der Waals surface area contributed by atoms with E-state index in [4.69, 9.17) is 9.47 Å². The van der Waals surface area contributed by atoms with Gasteiger partial charge in [-0.3, -0.25) is 14.6 Å². The number of nitrogens with zero attached hydrogens (tertiary/aromatic N) is 3. The molecule has 0 aromatic heterocycles. The van der Waals surface area contributed by atoms with Gasteiger partial charge in [0.25, 0.3) is 0 Å². The summed E-state index contributed by atoms with van der Waals surface area (Å²) in [4.78, 5) is 39.0. The first-order valence-electron chi connectivity index (χ1n) is 9.71. The summed E-state index contributed by atoms with van der Waals surface area (Å²) in [5.41, 5.74) is 0.677. The Bertz CT molecular complexity index is 867. The molecule has 11 heteroatoms. The highest BCUT2D eigenvalue weighted by Gasteiger charge is 2.43. The van der Waals surface area contributed by atoms with Crippen LogP contribution in [0, 0.1) is 5.82 Å². The lowest BCUT2D eigenvalue weighted by Crippen LogP contribution is -2.52. The van der Waals surface area contributed by atoms with E-state index in [2.05, 4.69) is 5.32 Å². The Morgan fingerprint density at radius 1 is 1.30 bits per heavy atom. The molecule has 0 aliphatic carbocycles. The van der Waals surface area contributed by atoms with Gasteiger partial charge in [-0.25, -0.2) is 14.0 Å². The number of amides is 3. The van der Waals surface area contributed by atoms with Gasteiger partial charge < -0.3 is 24.8 Å². The summed E-state index contributed by atoms with van der Waals surface area (Å²) in [7, 11) is 0. The lowest BCUT2D eigenvalue weighted by molar-refractivity contribution is -0.119. The van der Waals surface area contributed by atoms with Crippen molar-refractivity contribution in [2.75, 3.05) is 49.1 Å². The fourth-order valence-corrected chi connectivity index (χ4v) is 4.14. The van der Waals surface area contributed by atoms with Crippen LogP contribution in [0.15, 0.2) is 18.2 Å². The van der Waals surface area contributed by atoms with E-state index in [0.717, 1.165) is 0 Å². The van der Waals surface area contributed by atoms with Crippen molar-refractivity contribution in [3.05, 3.63) is 24.0 Å². The molecule has 2 N–H and O–H groups in total. The van der Waals surface area contributed by atoms with Gasteiger partial charge in [-0.2, -0.15) is 0 Å². The summed E-state index contributed by atoms with van der Waals surface area (Å²) in [6, 6.07) is 4.10. The number of carbonyl (C=O) groups is 3. The molecule has 0 spiro atoms. The third-order valence-electron chi connectivity index (χ3n) is 5.58. The maximum atomic E-state index is 14.9. The number of halogens is 1. The molecular formula is C19H23FN4O6. The lowest BCUT2D eigenvalue weighted by Gasteiger charge is -2.34. The second-order valence-corrected chi connectivity index (χ2v) is 7.55. The zero-order valence-corrected chi connectivity index (χ0v) is 16.4. The van der Waals surface area contributed by atoms with Crippen molar-refractivity contribution in [3.8, 4) is 0 Å². The molecule has 3 fully saturated rings. The Hall–Kier alpha value is -3.08. The zero-order valence-electron chi connectivity index (χ0n) is 16.4. The fraction of sp³-hybridized carbons (Fsp3) is 0.526. The first kappa shape index (κ1) is 20.2. The van der Waals surface area contributed by atoms with Crippen LogP contribution in [0.2, 0.25) is 0 Å². The lowest BCUT2D eigenvalue weighted by atomic mass is 10.1. The average Bonchev–Trinajstić information content (AvgIpc) is 3.29. The van der Waals surface area contributed by atoms with Crippen LogP contribution in [0.1, 0.15) is 6.92 Å². The van der Waals surface area contributed by atoms with E-state index in [1.807, 2.05) is 0 Å². The van der Waals surface area contributed by atoms with Crippen LogP contribution in [0.25, 0.3) is 0 Å². The number of nitrogens with one attached hydrogen (secondary N) is 1. The van der Waals surface area contributed by atoms with Crippen molar-refractivity contribution >= 4 is 29.5 Å². The number of hydrogen-bond acceptors (Lipinski definition) is 6. The van der Waals surface area contributed by atoms with Crippen LogP contribution >= 0.6 is 0 Å². The van der Waals surface area contributed by atoms with Crippen molar-refractivity contribution in [1.29, 1.82) is 0 Å². The maximum absolute atomic E-state index is 14.9. The third-order valence-corrected chi connectivity index (χ3v) is 5.58. The largest absolute Gasteiger partial charge is 0.465 e. The number of fused-ring (bicyclic) bond motifs is 1. The number of carboxylic acid groups (broad SMARTS) is 1. The van der Waals surface area contributed by atoms with Gasteiger partial charge >= 0.3 is 12.2 Å². The zero-order chi connectivity index (χ0) is 21.4. The van der Waals surface area contributed by atoms with E-state index in [1.54, 1.807) is 17.0 Å². The number of rotatable bonds is 4. The molecule has 3 amide bonds. The van der Waals surface area contributed by atoms with Gasteiger partial charge in [0, 0.05) is 26.6 Å². The topological polar surface area (TPSA) is 112 Å². The molecule has 3 aliphatic heterocycles. The molecule has 3 aliphatic rings. The molecule has 30 heavy (non-hydrogen) atoms. The van der Waals surface area contributed by atoms with Gasteiger partial charge in [0.2, 0.25) is 5.91 Å². The van der Waals surface area contributed by atoms with Crippen molar-refractivity contribution in [2.45, 2.75) is 25.2 Å². The van der Waals surface area contributed by atoms with E-state index in [9.17, 15) is 23.9 Å². The maximum Gasteiger partial charge on any atom is 0.414 e. The second kappa shape index (κ2) is 7.98. The van der Waals surface area contributed by atoms with Gasteiger partial charge in [-0.1, -0.05) is 0 Å². The molecule has 1 aromatic rings. The molecule has 3 saturated heterocycles. The van der Waals surface area contributed by atoms with Crippen LogP contribution in [0.4, 0.5) is 25.4 Å². The van der Waals surface area contributed by atoms with E-state index in [1.165, 1.54) is 22.8 Å². The Kier molecular flexibility index (Phi) is 5.37. The molecule has 1 aromatic carbocycles. The van der Waals surface area contributed by atoms with Gasteiger partial charge in [0.05, 0.1) is 43.2 Å². The van der Waals surface area contributed by atoms with Crippen molar-refractivity contribution in [1.82, 2.24) is 10.2 Å². The molecule has 3 unspecified atom stereocenters. The highest BCUT2D eigenvalue weighted by Crippen LogP contribution is 2.32.